The number of anilines is 1. The van der Waals surface area contributed by atoms with Gasteiger partial charge in [0.1, 0.15) is 15.8 Å². The number of thioether (sulfide) groups is 1. The van der Waals surface area contributed by atoms with Gasteiger partial charge in [-0.2, -0.15) is 0 Å². The maximum atomic E-state index is 13.5. The maximum absolute atomic E-state index is 13.5. The van der Waals surface area contributed by atoms with Crippen LogP contribution in [0, 0.1) is 6.92 Å². The molecule has 2 aliphatic rings. The highest BCUT2D eigenvalue weighted by Crippen LogP contribution is 2.36. The first-order valence-corrected chi connectivity index (χ1v) is 15.5. The van der Waals surface area contributed by atoms with Crippen LogP contribution >= 0.6 is 24.0 Å². The van der Waals surface area contributed by atoms with Crippen molar-refractivity contribution in [2.75, 3.05) is 23.4 Å². The molecule has 1 unspecified atom stereocenters. The highest BCUT2D eigenvalue weighted by atomic mass is 32.2. The number of thiocarbonyl (C=S) groups is 1. The molecule has 2 aliphatic heterocycles. The zero-order chi connectivity index (χ0) is 25.9. The van der Waals surface area contributed by atoms with E-state index in [0.717, 1.165) is 30.2 Å². The second-order valence-electron chi connectivity index (χ2n) is 9.42. The van der Waals surface area contributed by atoms with Crippen molar-refractivity contribution in [3.63, 3.8) is 0 Å². The Kier molecular flexibility index (Phi) is 8.52. The molecular formula is C25H32N4O4S3. The summed E-state index contributed by atoms with van der Waals surface area (Å²) in [6.45, 7) is 4.76. The van der Waals surface area contributed by atoms with E-state index in [1.165, 1.54) is 35.0 Å². The molecule has 2 aromatic rings. The Morgan fingerprint density at radius 1 is 1.19 bits per heavy atom. The maximum Gasteiger partial charge on any atom is 0.267 e. The summed E-state index contributed by atoms with van der Waals surface area (Å²) in [4.78, 5) is 33.1. The van der Waals surface area contributed by atoms with E-state index in [1.54, 1.807) is 18.3 Å². The summed E-state index contributed by atoms with van der Waals surface area (Å²) in [6, 6.07) is 3.24. The number of unbranched alkanes of at least 4 members (excludes halogenated alkanes) is 5. The van der Waals surface area contributed by atoms with Crippen LogP contribution in [-0.4, -0.2) is 57.0 Å². The predicted molar refractivity (Wildman–Crippen MR) is 150 cm³/mol. The number of aromatic nitrogens is 2. The van der Waals surface area contributed by atoms with Crippen LogP contribution in [0.3, 0.4) is 0 Å². The zero-order valence-electron chi connectivity index (χ0n) is 20.7. The number of hydrogen-bond donors (Lipinski definition) is 1. The van der Waals surface area contributed by atoms with Gasteiger partial charge in [-0.1, -0.05) is 69.1 Å². The van der Waals surface area contributed by atoms with E-state index in [9.17, 15) is 18.0 Å². The summed E-state index contributed by atoms with van der Waals surface area (Å²) in [6.07, 6.45) is 10.5. The quantitative estimate of drug-likeness (QED) is 0.268. The van der Waals surface area contributed by atoms with Crippen molar-refractivity contribution in [3.05, 3.63) is 44.7 Å². The van der Waals surface area contributed by atoms with Crippen molar-refractivity contribution in [1.29, 1.82) is 0 Å². The molecule has 1 N–H and O–H groups in total. The van der Waals surface area contributed by atoms with Crippen LogP contribution in [0.1, 0.15) is 63.0 Å². The Hall–Kier alpha value is -2.24. The standard InChI is InChI=1S/C25H32N4O4S3/c1-3-4-5-6-7-8-12-26-22-19(23(30)28-15-17(2)9-10-21(28)27-22)14-20-24(31)29(25(34)35-20)18-11-13-36(32,33)16-18/h9-10,14-15,18,26H,3-8,11-13,16H2,1-2H3/b20-14-. The van der Waals surface area contributed by atoms with E-state index < -0.39 is 15.9 Å². The fraction of sp³-hybridized carbons (Fsp3) is 0.520. The highest BCUT2D eigenvalue weighted by molar-refractivity contribution is 8.26. The second kappa shape index (κ2) is 11.4. The van der Waals surface area contributed by atoms with Crippen molar-refractivity contribution in [2.24, 2.45) is 0 Å². The van der Waals surface area contributed by atoms with Crippen LogP contribution in [0.25, 0.3) is 11.7 Å². The number of amides is 1. The van der Waals surface area contributed by atoms with Gasteiger partial charge in [-0.25, -0.2) is 13.4 Å². The lowest BCUT2D eigenvalue weighted by atomic mass is 10.1. The summed E-state index contributed by atoms with van der Waals surface area (Å²) >= 11 is 6.53. The molecule has 0 spiro atoms. The first-order chi connectivity index (χ1) is 17.2. The molecule has 1 atom stereocenters. The van der Waals surface area contributed by atoms with Gasteiger partial charge in [-0.3, -0.25) is 18.9 Å². The van der Waals surface area contributed by atoms with Crippen molar-refractivity contribution in [2.45, 2.75) is 64.8 Å². The molecule has 0 saturated carbocycles. The zero-order valence-corrected chi connectivity index (χ0v) is 23.1. The molecule has 8 nitrogen and oxygen atoms in total. The van der Waals surface area contributed by atoms with Crippen LogP contribution in [0.2, 0.25) is 0 Å². The van der Waals surface area contributed by atoms with Gasteiger partial charge in [0, 0.05) is 12.7 Å². The van der Waals surface area contributed by atoms with E-state index in [0.29, 0.717) is 39.2 Å². The predicted octanol–water partition coefficient (Wildman–Crippen LogP) is 4.16. The Labute approximate surface area is 221 Å². The SMILES string of the molecule is CCCCCCCCNc1nc2ccc(C)cn2c(=O)c1/C=C1\SC(=S)N(C2CCS(=O)(=O)C2)C1=O. The van der Waals surface area contributed by atoms with Crippen molar-refractivity contribution in [1.82, 2.24) is 14.3 Å². The lowest BCUT2D eigenvalue weighted by molar-refractivity contribution is -0.123. The Morgan fingerprint density at radius 2 is 1.94 bits per heavy atom. The van der Waals surface area contributed by atoms with E-state index in [2.05, 4.69) is 17.2 Å². The van der Waals surface area contributed by atoms with Crippen LogP contribution in [0.4, 0.5) is 5.82 Å². The minimum absolute atomic E-state index is 0.0512. The minimum Gasteiger partial charge on any atom is -0.369 e. The van der Waals surface area contributed by atoms with Gasteiger partial charge >= 0.3 is 0 Å². The number of sulfone groups is 1. The number of nitrogens with one attached hydrogen (secondary N) is 1. The van der Waals surface area contributed by atoms with Crippen LogP contribution in [0.15, 0.2) is 28.0 Å². The van der Waals surface area contributed by atoms with Crippen LogP contribution in [-0.2, 0) is 14.6 Å². The van der Waals surface area contributed by atoms with Gasteiger partial charge in [-0.15, -0.1) is 0 Å². The highest BCUT2D eigenvalue weighted by Gasteiger charge is 2.42. The largest absolute Gasteiger partial charge is 0.369 e. The third-order valence-corrected chi connectivity index (χ3v) is 9.58. The molecule has 0 radical (unpaired) electrons. The van der Waals surface area contributed by atoms with Crippen molar-refractivity contribution in [3.8, 4) is 0 Å². The molecular weight excluding hydrogens is 517 g/mol. The second-order valence-corrected chi connectivity index (χ2v) is 13.3. The number of pyridine rings is 1. The molecule has 2 fully saturated rings. The molecule has 2 saturated heterocycles. The topological polar surface area (TPSA) is 101 Å². The average molecular weight is 549 g/mol. The molecule has 0 aromatic carbocycles. The number of aryl methyl sites for hydroxylation is 1. The molecule has 0 aliphatic carbocycles. The van der Waals surface area contributed by atoms with Crippen LogP contribution < -0.4 is 10.9 Å². The molecule has 1 amide bonds. The molecule has 2 aromatic heterocycles. The first kappa shape index (κ1) is 26.8. The molecule has 194 valence electrons. The van der Waals surface area contributed by atoms with Gasteiger partial charge in [0.25, 0.3) is 11.5 Å². The Morgan fingerprint density at radius 3 is 2.67 bits per heavy atom. The van der Waals surface area contributed by atoms with E-state index in [1.807, 2.05) is 13.0 Å². The smallest absolute Gasteiger partial charge is 0.267 e. The summed E-state index contributed by atoms with van der Waals surface area (Å²) < 4.78 is 25.7. The van der Waals surface area contributed by atoms with Gasteiger partial charge in [-0.05, 0) is 37.5 Å². The van der Waals surface area contributed by atoms with Gasteiger partial charge in [0.2, 0.25) is 0 Å². The lowest BCUT2D eigenvalue weighted by Gasteiger charge is -2.20. The van der Waals surface area contributed by atoms with Gasteiger partial charge in [0.15, 0.2) is 9.84 Å². The number of hydrogen-bond acceptors (Lipinski definition) is 8. The first-order valence-electron chi connectivity index (χ1n) is 12.4. The van der Waals surface area contributed by atoms with Crippen molar-refractivity contribution >= 4 is 61.6 Å². The van der Waals surface area contributed by atoms with E-state index in [4.69, 9.17) is 12.2 Å². The summed E-state index contributed by atoms with van der Waals surface area (Å²) in [5.41, 5.74) is 1.46. The normalized spacial score (nSPS) is 20.7. The summed E-state index contributed by atoms with van der Waals surface area (Å²) in [7, 11) is -3.17. The average Bonchev–Trinajstić information content (AvgIpc) is 3.32. The fourth-order valence-electron chi connectivity index (χ4n) is 4.54. The monoisotopic (exact) mass is 548 g/mol. The minimum atomic E-state index is -3.17. The molecule has 4 heterocycles. The van der Waals surface area contributed by atoms with Crippen LogP contribution in [0.5, 0.6) is 0 Å². The third kappa shape index (κ3) is 6.00. The molecule has 0 bridgehead atoms. The third-order valence-electron chi connectivity index (χ3n) is 6.50. The molecule has 4 rings (SSSR count). The number of rotatable bonds is 10. The Bertz CT molecular complexity index is 1370. The van der Waals surface area contributed by atoms with E-state index >= 15 is 0 Å². The number of nitrogens with zero attached hydrogens (tertiary/aromatic N) is 3. The summed E-state index contributed by atoms with van der Waals surface area (Å²) in [5.74, 6) is 0.0427. The fourth-order valence-corrected chi connectivity index (χ4v) is 7.62. The summed E-state index contributed by atoms with van der Waals surface area (Å²) in [5, 5.41) is 3.31. The Balaban J connectivity index is 1.62. The number of fused-ring (bicyclic) bond motifs is 1. The lowest BCUT2D eigenvalue weighted by Crippen LogP contribution is -2.39. The van der Waals surface area contributed by atoms with Gasteiger partial charge < -0.3 is 5.32 Å². The molecule has 11 heteroatoms. The number of carbonyl (C=O) groups is 1. The van der Waals surface area contributed by atoms with Gasteiger partial charge in [0.05, 0.1) is 28.0 Å². The van der Waals surface area contributed by atoms with E-state index in [-0.39, 0.29) is 23.0 Å². The number of carbonyl (C=O) groups excluding carboxylic acids is 1. The van der Waals surface area contributed by atoms with Crippen molar-refractivity contribution < 1.29 is 13.2 Å². The molecule has 36 heavy (non-hydrogen) atoms.